The van der Waals surface area contributed by atoms with Gasteiger partial charge in [0.25, 0.3) is 15.9 Å². The number of anilines is 1. The van der Waals surface area contributed by atoms with Crippen LogP contribution in [0, 0.1) is 5.92 Å². The molecular weight excluding hydrogens is 574 g/mol. The number of amides is 2. The van der Waals surface area contributed by atoms with E-state index in [4.69, 9.17) is 4.74 Å². The van der Waals surface area contributed by atoms with Gasteiger partial charge < -0.3 is 14.6 Å². The first-order chi connectivity index (χ1) is 21.3. The molecule has 2 aliphatic carbocycles. The first-order valence-corrected chi connectivity index (χ1v) is 17.0. The molecule has 1 heterocycles. The molecular formula is C35H39N3O5S. The van der Waals surface area contributed by atoms with E-state index >= 15 is 0 Å². The number of rotatable bonds is 9. The highest BCUT2D eigenvalue weighted by Crippen LogP contribution is 2.36. The Bertz CT molecular complexity index is 1790. The molecule has 44 heavy (non-hydrogen) atoms. The Morgan fingerprint density at radius 1 is 0.909 bits per heavy atom. The number of carbonyl (C=O) groups excluding carboxylic acids is 2. The monoisotopic (exact) mass is 613 g/mol. The third-order valence-electron chi connectivity index (χ3n) is 9.02. The van der Waals surface area contributed by atoms with E-state index in [0.29, 0.717) is 24.6 Å². The number of methoxy groups -OCH3 is 1. The predicted molar refractivity (Wildman–Crippen MR) is 172 cm³/mol. The maximum absolute atomic E-state index is 13.0. The molecule has 0 spiro atoms. The minimum atomic E-state index is -4.01. The first-order valence-electron chi connectivity index (χ1n) is 15.6. The quantitative estimate of drug-likeness (QED) is 0.221. The number of sulfonamides is 1. The second kappa shape index (κ2) is 12.9. The van der Waals surface area contributed by atoms with Gasteiger partial charge in [0.05, 0.1) is 24.1 Å². The predicted octanol–water partition coefficient (Wildman–Crippen LogP) is 6.60. The Morgan fingerprint density at radius 2 is 1.68 bits per heavy atom. The number of ether oxygens (including phenoxy) is 1. The van der Waals surface area contributed by atoms with E-state index in [9.17, 15) is 18.0 Å². The lowest BCUT2D eigenvalue weighted by Crippen LogP contribution is -2.30. The van der Waals surface area contributed by atoms with Crippen LogP contribution in [0.5, 0.6) is 5.75 Å². The third kappa shape index (κ3) is 6.38. The zero-order valence-corrected chi connectivity index (χ0v) is 25.9. The van der Waals surface area contributed by atoms with Crippen molar-refractivity contribution in [2.45, 2.75) is 75.6 Å². The summed E-state index contributed by atoms with van der Waals surface area (Å²) in [5, 5.41) is 4.36. The normalized spacial score (nSPS) is 15.5. The van der Waals surface area contributed by atoms with E-state index in [1.54, 1.807) is 37.4 Å². The van der Waals surface area contributed by atoms with Gasteiger partial charge in [0.1, 0.15) is 5.75 Å². The van der Waals surface area contributed by atoms with Crippen molar-refractivity contribution in [3.8, 4) is 5.75 Å². The molecule has 3 aromatic carbocycles. The van der Waals surface area contributed by atoms with Gasteiger partial charge in [-0.25, -0.2) is 13.1 Å². The summed E-state index contributed by atoms with van der Waals surface area (Å²) < 4.78 is 35.6. The maximum Gasteiger partial charge on any atom is 0.265 e. The van der Waals surface area contributed by atoms with Crippen LogP contribution < -0.4 is 14.8 Å². The van der Waals surface area contributed by atoms with Crippen molar-refractivity contribution in [1.29, 1.82) is 0 Å². The van der Waals surface area contributed by atoms with Crippen LogP contribution in [0.15, 0.2) is 71.6 Å². The number of aromatic nitrogens is 1. The fraction of sp³-hybridized carbons (Fsp3) is 0.371. The maximum atomic E-state index is 13.0. The van der Waals surface area contributed by atoms with Crippen LogP contribution in [-0.2, 0) is 34.2 Å². The summed E-state index contributed by atoms with van der Waals surface area (Å²) in [4.78, 5) is 25.9. The Morgan fingerprint density at radius 3 is 2.45 bits per heavy atom. The van der Waals surface area contributed by atoms with E-state index in [0.717, 1.165) is 55.3 Å². The summed E-state index contributed by atoms with van der Waals surface area (Å²) in [5.41, 5.74) is 5.56. The molecule has 6 rings (SSSR count). The third-order valence-corrected chi connectivity index (χ3v) is 10.4. The molecule has 0 radical (unpaired) electrons. The van der Waals surface area contributed by atoms with Crippen molar-refractivity contribution in [2.24, 2.45) is 5.92 Å². The van der Waals surface area contributed by atoms with Gasteiger partial charge in [-0.05, 0) is 86.4 Å². The van der Waals surface area contributed by atoms with Gasteiger partial charge in [-0.3, -0.25) is 9.59 Å². The van der Waals surface area contributed by atoms with E-state index in [1.165, 1.54) is 48.0 Å². The van der Waals surface area contributed by atoms with Crippen LogP contribution in [0.25, 0.3) is 10.9 Å². The van der Waals surface area contributed by atoms with E-state index in [2.05, 4.69) is 26.7 Å². The van der Waals surface area contributed by atoms with E-state index in [1.807, 2.05) is 12.1 Å². The standard InChI is InChI=1S/C35H39N3O5S/c1-43-33-21-25(35(40)37-44(41,42)28-12-6-3-7-13-28)16-17-26(33)23-38-31-15-9-8-14-29(31)30-19-18-27(22-32(30)38)36-34(39)20-24-10-4-2-5-11-24/h3,6-7,12-13,16-19,21-22,24H,2,4-5,8-11,14-15,20,23H2,1H3,(H,36,39)(H,37,40). The lowest BCUT2D eigenvalue weighted by molar-refractivity contribution is -0.117. The zero-order valence-electron chi connectivity index (χ0n) is 25.1. The Balaban J connectivity index is 1.26. The molecule has 2 N–H and O–H groups in total. The lowest BCUT2D eigenvalue weighted by atomic mass is 9.87. The largest absolute Gasteiger partial charge is 0.496 e. The highest BCUT2D eigenvalue weighted by atomic mass is 32.2. The summed E-state index contributed by atoms with van der Waals surface area (Å²) in [6.45, 7) is 0.513. The topological polar surface area (TPSA) is 106 Å². The van der Waals surface area contributed by atoms with Gasteiger partial charge in [-0.15, -0.1) is 0 Å². The number of hydrogen-bond acceptors (Lipinski definition) is 5. The fourth-order valence-electron chi connectivity index (χ4n) is 6.78. The molecule has 1 saturated carbocycles. The summed E-state index contributed by atoms with van der Waals surface area (Å²) in [5.74, 6) is 0.317. The van der Waals surface area contributed by atoms with Crippen LogP contribution in [0.3, 0.4) is 0 Å². The average molecular weight is 614 g/mol. The summed E-state index contributed by atoms with van der Waals surface area (Å²) in [6.07, 6.45) is 10.8. The number of aryl methyl sites for hydroxylation is 1. The van der Waals surface area contributed by atoms with Crippen molar-refractivity contribution in [1.82, 2.24) is 9.29 Å². The molecule has 0 bridgehead atoms. The highest BCUT2D eigenvalue weighted by molar-refractivity contribution is 7.90. The molecule has 0 aliphatic heterocycles. The molecule has 2 amide bonds. The number of nitrogens with one attached hydrogen (secondary N) is 2. The fourth-order valence-corrected chi connectivity index (χ4v) is 7.78. The number of carbonyl (C=O) groups is 2. The lowest BCUT2D eigenvalue weighted by Gasteiger charge is -2.20. The number of fused-ring (bicyclic) bond motifs is 3. The van der Waals surface area contributed by atoms with E-state index in [-0.39, 0.29) is 16.4 Å². The van der Waals surface area contributed by atoms with Crippen LogP contribution in [0.2, 0.25) is 0 Å². The molecule has 0 atom stereocenters. The minimum Gasteiger partial charge on any atom is -0.496 e. The molecule has 230 valence electrons. The number of hydrogen-bond donors (Lipinski definition) is 2. The van der Waals surface area contributed by atoms with E-state index < -0.39 is 15.9 Å². The van der Waals surface area contributed by atoms with Gasteiger partial charge in [0.2, 0.25) is 5.91 Å². The number of benzene rings is 3. The van der Waals surface area contributed by atoms with Crippen molar-refractivity contribution in [3.05, 3.63) is 89.1 Å². The SMILES string of the molecule is COc1cc(C(=O)NS(=O)(=O)c2ccccc2)ccc1Cn1c2c(c3ccc(NC(=O)CC4CCCCC4)cc31)CCCC2. The highest BCUT2D eigenvalue weighted by Gasteiger charge is 2.24. The average Bonchev–Trinajstić information content (AvgIpc) is 3.34. The van der Waals surface area contributed by atoms with Crippen molar-refractivity contribution in [2.75, 3.05) is 12.4 Å². The molecule has 4 aromatic rings. The van der Waals surface area contributed by atoms with Gasteiger partial charge in [0, 0.05) is 34.3 Å². The second-order valence-electron chi connectivity index (χ2n) is 12.0. The van der Waals surface area contributed by atoms with Gasteiger partial charge in [-0.2, -0.15) is 0 Å². The summed E-state index contributed by atoms with van der Waals surface area (Å²) >= 11 is 0. The van der Waals surface area contributed by atoms with Gasteiger partial charge in [0.15, 0.2) is 0 Å². The first kappa shape index (κ1) is 29.9. The van der Waals surface area contributed by atoms with Crippen molar-refractivity contribution < 1.29 is 22.7 Å². The molecule has 0 saturated heterocycles. The Hall–Kier alpha value is -4.11. The molecule has 1 aromatic heterocycles. The van der Waals surface area contributed by atoms with Crippen molar-refractivity contribution in [3.63, 3.8) is 0 Å². The second-order valence-corrected chi connectivity index (χ2v) is 13.7. The van der Waals surface area contributed by atoms with Gasteiger partial charge >= 0.3 is 0 Å². The van der Waals surface area contributed by atoms with Crippen LogP contribution in [-0.4, -0.2) is 31.9 Å². The molecule has 0 unspecified atom stereocenters. The Labute approximate surface area is 258 Å². The molecule has 9 heteroatoms. The number of nitrogens with zero attached hydrogens (tertiary/aromatic N) is 1. The molecule has 2 aliphatic rings. The molecule has 8 nitrogen and oxygen atoms in total. The van der Waals surface area contributed by atoms with Crippen LogP contribution in [0.4, 0.5) is 5.69 Å². The zero-order chi connectivity index (χ0) is 30.7. The smallest absolute Gasteiger partial charge is 0.265 e. The Kier molecular flexibility index (Phi) is 8.75. The van der Waals surface area contributed by atoms with Crippen LogP contribution in [0.1, 0.15) is 78.5 Å². The van der Waals surface area contributed by atoms with Crippen molar-refractivity contribution >= 4 is 38.4 Å². The molecule has 1 fully saturated rings. The minimum absolute atomic E-state index is 0.0192. The van der Waals surface area contributed by atoms with Crippen LogP contribution >= 0.6 is 0 Å². The summed E-state index contributed by atoms with van der Waals surface area (Å²) in [6, 6.07) is 19.1. The van der Waals surface area contributed by atoms with Gasteiger partial charge in [-0.1, -0.05) is 49.6 Å². The summed E-state index contributed by atoms with van der Waals surface area (Å²) in [7, 11) is -2.46.